The van der Waals surface area contributed by atoms with Crippen molar-refractivity contribution < 1.29 is 14.5 Å². The van der Waals surface area contributed by atoms with E-state index in [-0.39, 0.29) is 11.3 Å². The van der Waals surface area contributed by atoms with Crippen molar-refractivity contribution in [3.8, 4) is 5.75 Å². The number of nitro benzene ring substituents is 1. The molecule has 23 heavy (non-hydrogen) atoms. The molecular formula is C15H12BrN3O4. The Morgan fingerprint density at radius 2 is 2.13 bits per heavy atom. The van der Waals surface area contributed by atoms with Crippen LogP contribution in [0, 0.1) is 10.1 Å². The molecule has 0 atom stereocenters. The first kappa shape index (κ1) is 16.6. The zero-order chi connectivity index (χ0) is 16.8. The number of hydrogen-bond acceptors (Lipinski definition) is 5. The van der Waals surface area contributed by atoms with Gasteiger partial charge in [0, 0.05) is 27.7 Å². The zero-order valence-corrected chi connectivity index (χ0v) is 13.6. The predicted octanol–water partition coefficient (Wildman–Crippen LogP) is 3.13. The van der Waals surface area contributed by atoms with Gasteiger partial charge in [0.25, 0.3) is 11.6 Å². The van der Waals surface area contributed by atoms with Crippen LogP contribution in [0.5, 0.6) is 5.75 Å². The topological polar surface area (TPSA) is 93.8 Å². The van der Waals surface area contributed by atoms with E-state index in [0.717, 1.165) is 4.47 Å². The summed E-state index contributed by atoms with van der Waals surface area (Å²) in [5, 5.41) is 14.6. The monoisotopic (exact) mass is 377 g/mol. The van der Waals surface area contributed by atoms with Crippen molar-refractivity contribution in [2.24, 2.45) is 5.10 Å². The largest absolute Gasteiger partial charge is 0.496 e. The molecule has 0 radical (unpaired) electrons. The molecule has 0 aliphatic rings. The summed E-state index contributed by atoms with van der Waals surface area (Å²) in [7, 11) is 1.53. The number of non-ortho nitro benzene ring substituents is 1. The van der Waals surface area contributed by atoms with Gasteiger partial charge in [0.05, 0.1) is 18.2 Å². The number of methoxy groups -OCH3 is 1. The summed E-state index contributed by atoms with van der Waals surface area (Å²) in [4.78, 5) is 22.1. The van der Waals surface area contributed by atoms with Crippen molar-refractivity contribution in [1.82, 2.24) is 5.43 Å². The van der Waals surface area contributed by atoms with Gasteiger partial charge in [-0.3, -0.25) is 14.9 Å². The molecule has 0 aromatic heterocycles. The van der Waals surface area contributed by atoms with Gasteiger partial charge >= 0.3 is 0 Å². The van der Waals surface area contributed by atoms with Crippen LogP contribution in [-0.4, -0.2) is 24.2 Å². The van der Waals surface area contributed by atoms with E-state index in [9.17, 15) is 14.9 Å². The minimum atomic E-state index is -0.563. The third kappa shape index (κ3) is 4.36. The first-order chi connectivity index (χ1) is 11.0. The first-order valence-electron chi connectivity index (χ1n) is 6.42. The quantitative estimate of drug-likeness (QED) is 0.491. The number of nitrogens with zero attached hydrogens (tertiary/aromatic N) is 2. The fourth-order valence-corrected chi connectivity index (χ4v) is 2.17. The number of hydrogen-bond donors (Lipinski definition) is 1. The van der Waals surface area contributed by atoms with E-state index in [4.69, 9.17) is 4.74 Å². The van der Waals surface area contributed by atoms with Crippen LogP contribution in [0.2, 0.25) is 0 Å². The van der Waals surface area contributed by atoms with E-state index in [0.29, 0.717) is 11.3 Å². The molecule has 1 amide bonds. The van der Waals surface area contributed by atoms with Crippen LogP contribution in [-0.2, 0) is 0 Å². The van der Waals surface area contributed by atoms with Crippen molar-refractivity contribution in [3.63, 3.8) is 0 Å². The second-order valence-corrected chi connectivity index (χ2v) is 5.31. The number of carbonyl (C=O) groups excluding carboxylic acids is 1. The molecule has 2 rings (SSSR count). The molecular weight excluding hydrogens is 366 g/mol. The highest BCUT2D eigenvalue weighted by Gasteiger charge is 2.10. The number of amides is 1. The number of carbonyl (C=O) groups is 1. The zero-order valence-electron chi connectivity index (χ0n) is 12.0. The molecule has 2 aromatic rings. The molecule has 7 nitrogen and oxygen atoms in total. The van der Waals surface area contributed by atoms with Crippen molar-refractivity contribution >= 4 is 33.7 Å². The van der Waals surface area contributed by atoms with Crippen molar-refractivity contribution in [2.75, 3.05) is 7.11 Å². The fourth-order valence-electron chi connectivity index (χ4n) is 1.79. The number of nitro groups is 1. The van der Waals surface area contributed by atoms with Crippen LogP contribution in [0.15, 0.2) is 52.0 Å². The van der Waals surface area contributed by atoms with E-state index >= 15 is 0 Å². The Labute approximate surface area is 140 Å². The Balaban J connectivity index is 2.11. The molecule has 0 spiro atoms. The van der Waals surface area contributed by atoms with Gasteiger partial charge in [-0.2, -0.15) is 5.10 Å². The predicted molar refractivity (Wildman–Crippen MR) is 88.9 cm³/mol. The summed E-state index contributed by atoms with van der Waals surface area (Å²) in [6.45, 7) is 0. The molecule has 0 aliphatic carbocycles. The van der Waals surface area contributed by atoms with Crippen molar-refractivity contribution in [2.45, 2.75) is 0 Å². The highest BCUT2D eigenvalue weighted by atomic mass is 79.9. The number of halogens is 1. The molecule has 0 saturated heterocycles. The lowest BCUT2D eigenvalue weighted by Crippen LogP contribution is -2.17. The summed E-state index contributed by atoms with van der Waals surface area (Å²) in [6.07, 6.45) is 1.43. The Hall–Kier alpha value is -2.74. The highest BCUT2D eigenvalue weighted by molar-refractivity contribution is 9.10. The molecule has 0 bridgehead atoms. The van der Waals surface area contributed by atoms with Crippen LogP contribution in [0.3, 0.4) is 0 Å². The van der Waals surface area contributed by atoms with Gasteiger partial charge in [-0.15, -0.1) is 0 Å². The van der Waals surface area contributed by atoms with Crippen LogP contribution < -0.4 is 10.2 Å². The molecule has 0 fully saturated rings. The summed E-state index contributed by atoms with van der Waals surface area (Å²) in [5.41, 5.74) is 2.98. The van der Waals surface area contributed by atoms with Crippen molar-refractivity contribution in [1.29, 1.82) is 0 Å². The van der Waals surface area contributed by atoms with Gasteiger partial charge in [-0.1, -0.05) is 22.0 Å². The fraction of sp³-hybridized carbons (Fsp3) is 0.0667. The second-order valence-electron chi connectivity index (χ2n) is 4.39. The minimum Gasteiger partial charge on any atom is -0.496 e. The normalized spacial score (nSPS) is 10.5. The highest BCUT2D eigenvalue weighted by Crippen LogP contribution is 2.21. The molecule has 1 N–H and O–H groups in total. The number of benzene rings is 2. The summed E-state index contributed by atoms with van der Waals surface area (Å²) in [6, 6.07) is 10.8. The van der Waals surface area contributed by atoms with E-state index in [2.05, 4.69) is 26.5 Å². The van der Waals surface area contributed by atoms with Crippen LogP contribution in [0.4, 0.5) is 5.69 Å². The average Bonchev–Trinajstić information content (AvgIpc) is 2.55. The lowest BCUT2D eigenvalue weighted by Gasteiger charge is -2.04. The van der Waals surface area contributed by atoms with Crippen LogP contribution in [0.1, 0.15) is 15.9 Å². The minimum absolute atomic E-state index is 0.151. The van der Waals surface area contributed by atoms with Gasteiger partial charge < -0.3 is 4.74 Å². The third-order valence-electron chi connectivity index (χ3n) is 2.88. The lowest BCUT2D eigenvalue weighted by atomic mass is 10.2. The van der Waals surface area contributed by atoms with Gasteiger partial charge in [-0.05, 0) is 24.3 Å². The first-order valence-corrected chi connectivity index (χ1v) is 7.22. The van der Waals surface area contributed by atoms with Crippen LogP contribution >= 0.6 is 15.9 Å². The molecule has 0 unspecified atom stereocenters. The van der Waals surface area contributed by atoms with Gasteiger partial charge in [0.2, 0.25) is 0 Å². The number of rotatable bonds is 5. The summed E-state index contributed by atoms with van der Waals surface area (Å²) < 4.78 is 6.02. The summed E-state index contributed by atoms with van der Waals surface area (Å²) >= 11 is 3.34. The average molecular weight is 378 g/mol. The van der Waals surface area contributed by atoms with Gasteiger partial charge in [0.1, 0.15) is 5.75 Å². The molecule has 8 heteroatoms. The van der Waals surface area contributed by atoms with Gasteiger partial charge in [0.15, 0.2) is 0 Å². The smallest absolute Gasteiger partial charge is 0.271 e. The molecule has 0 saturated carbocycles. The Morgan fingerprint density at radius 1 is 1.35 bits per heavy atom. The SMILES string of the molecule is COc1ccc(Br)cc1/C=N/NC(=O)c1cccc([N+](=O)[O-])c1. The Morgan fingerprint density at radius 3 is 2.83 bits per heavy atom. The van der Waals surface area contributed by atoms with E-state index in [1.54, 1.807) is 12.1 Å². The number of ether oxygens (including phenoxy) is 1. The lowest BCUT2D eigenvalue weighted by molar-refractivity contribution is -0.384. The van der Waals surface area contributed by atoms with E-state index in [1.807, 2.05) is 6.07 Å². The molecule has 0 aliphatic heterocycles. The molecule has 2 aromatic carbocycles. The van der Waals surface area contributed by atoms with Crippen molar-refractivity contribution in [3.05, 3.63) is 68.2 Å². The maximum atomic E-state index is 11.9. The molecule has 118 valence electrons. The number of nitrogens with one attached hydrogen (secondary N) is 1. The Kier molecular flexibility index (Phi) is 5.42. The number of hydrazone groups is 1. The van der Waals surface area contributed by atoms with Gasteiger partial charge in [-0.25, -0.2) is 5.43 Å². The standard InChI is InChI=1S/C15H12BrN3O4/c1-23-14-6-5-12(16)7-11(14)9-17-18-15(20)10-3-2-4-13(8-10)19(21)22/h2-9H,1H3,(H,18,20)/b17-9+. The maximum absolute atomic E-state index is 11.9. The third-order valence-corrected chi connectivity index (χ3v) is 3.37. The maximum Gasteiger partial charge on any atom is 0.271 e. The van der Waals surface area contributed by atoms with E-state index < -0.39 is 10.8 Å². The summed E-state index contributed by atoms with van der Waals surface area (Å²) in [5.74, 6) is 0.0560. The second kappa shape index (κ2) is 7.50. The molecule has 0 heterocycles. The van der Waals surface area contributed by atoms with E-state index in [1.165, 1.54) is 37.6 Å². The van der Waals surface area contributed by atoms with Crippen LogP contribution in [0.25, 0.3) is 0 Å². The Bertz CT molecular complexity index is 777.